The molecule has 0 spiro atoms. The largest absolute Gasteiger partial charge is 0.494 e. The first-order valence-electron chi connectivity index (χ1n) is 12.5. The topological polar surface area (TPSA) is 150 Å². The summed E-state index contributed by atoms with van der Waals surface area (Å²) in [4.78, 5) is 8.91. The number of nitrogens with zero attached hydrogens (tertiary/aromatic N) is 4. The number of ether oxygens (including phenoxy) is 2. The molecule has 12 heteroatoms. The molecule has 41 heavy (non-hydrogen) atoms. The van der Waals surface area contributed by atoms with Crippen LogP contribution in [0.2, 0.25) is 0 Å². The van der Waals surface area contributed by atoms with Gasteiger partial charge in [-0.25, -0.2) is 14.4 Å². The lowest BCUT2D eigenvalue weighted by atomic mass is 9.97. The fourth-order valence-electron chi connectivity index (χ4n) is 3.71. The van der Waals surface area contributed by atoms with E-state index in [1.54, 1.807) is 50.2 Å². The number of nitrogen functional groups attached to an aromatic ring is 1. The van der Waals surface area contributed by atoms with Crippen molar-refractivity contribution in [3.05, 3.63) is 76.5 Å². The second-order valence-corrected chi connectivity index (χ2v) is 11.1. The maximum atomic E-state index is 13.2. The molecule has 2 heterocycles. The average Bonchev–Trinajstić information content (AvgIpc) is 3.39. The number of anilines is 3. The number of pyridine rings is 1. The van der Waals surface area contributed by atoms with Gasteiger partial charge in [0.05, 0.1) is 24.5 Å². The normalized spacial score (nSPS) is 11.1. The van der Waals surface area contributed by atoms with Crippen molar-refractivity contribution in [2.45, 2.75) is 36.8 Å². The fraction of sp³-hybridized carbons (Fsp3) is 0.241. The van der Waals surface area contributed by atoms with E-state index in [4.69, 9.17) is 15.2 Å². The number of hydrogen-bond donors (Lipinski definition) is 3. The van der Waals surface area contributed by atoms with Crippen molar-refractivity contribution in [3.63, 3.8) is 0 Å². The number of aromatic nitrogens is 2. The molecule has 4 aromatic rings. The standard InChI is InChI=1S/C29H27FN6O3S2/c1-29(2,37)39-13-3-12-38-22-10-4-18(5-11-22)25-23(14-31)26(33)36-27(24(25)15-32)40-16-21-17-41-28(35-21)34-20-8-6-19(30)7-9-20/h4-11,17,37H,3,12-13,16H2,1-2H3,(H2,33,36)(H,34,35). The summed E-state index contributed by atoms with van der Waals surface area (Å²) in [6, 6.07) is 17.3. The molecule has 210 valence electrons. The van der Waals surface area contributed by atoms with Crippen LogP contribution in [0, 0.1) is 28.5 Å². The Labute approximate surface area is 245 Å². The molecule has 0 amide bonds. The minimum absolute atomic E-state index is 0.0353. The number of thioether (sulfide) groups is 1. The minimum Gasteiger partial charge on any atom is -0.494 e. The van der Waals surface area contributed by atoms with Gasteiger partial charge in [0.25, 0.3) is 0 Å². The first-order valence-corrected chi connectivity index (χ1v) is 14.4. The van der Waals surface area contributed by atoms with Crippen LogP contribution in [0.5, 0.6) is 5.75 Å². The molecule has 2 aromatic heterocycles. The summed E-state index contributed by atoms with van der Waals surface area (Å²) in [6.07, 6.45) is 0.590. The van der Waals surface area contributed by atoms with Gasteiger partial charge < -0.3 is 25.6 Å². The second kappa shape index (κ2) is 13.4. The van der Waals surface area contributed by atoms with Crippen molar-refractivity contribution >= 4 is 39.7 Å². The van der Waals surface area contributed by atoms with Gasteiger partial charge in [0, 0.05) is 28.8 Å². The molecule has 4 rings (SSSR count). The predicted molar refractivity (Wildman–Crippen MR) is 157 cm³/mol. The van der Waals surface area contributed by atoms with Gasteiger partial charge in [0.1, 0.15) is 40.1 Å². The summed E-state index contributed by atoms with van der Waals surface area (Å²) in [5.41, 5.74) is 9.05. The minimum atomic E-state index is -1.19. The third-order valence-corrected chi connectivity index (χ3v) is 7.39. The number of benzene rings is 2. The highest BCUT2D eigenvalue weighted by Gasteiger charge is 2.21. The molecule has 0 radical (unpaired) electrons. The molecule has 0 unspecified atom stereocenters. The molecule has 0 atom stereocenters. The van der Waals surface area contributed by atoms with Gasteiger partial charge in [-0.2, -0.15) is 10.5 Å². The smallest absolute Gasteiger partial charge is 0.187 e. The lowest BCUT2D eigenvalue weighted by molar-refractivity contribution is -0.176. The van der Waals surface area contributed by atoms with Crippen molar-refractivity contribution in [2.75, 3.05) is 24.3 Å². The van der Waals surface area contributed by atoms with Crippen LogP contribution in [0.15, 0.2) is 58.9 Å². The van der Waals surface area contributed by atoms with Crippen molar-refractivity contribution in [1.29, 1.82) is 10.5 Å². The summed E-state index contributed by atoms with van der Waals surface area (Å²) in [5.74, 6) is -0.443. The highest BCUT2D eigenvalue weighted by Crippen LogP contribution is 2.37. The van der Waals surface area contributed by atoms with E-state index in [1.807, 2.05) is 5.38 Å². The summed E-state index contributed by atoms with van der Waals surface area (Å²) < 4.78 is 24.2. The molecule has 0 saturated carbocycles. The highest BCUT2D eigenvalue weighted by atomic mass is 32.2. The van der Waals surface area contributed by atoms with Crippen LogP contribution in [0.4, 0.5) is 21.0 Å². The lowest BCUT2D eigenvalue weighted by Crippen LogP contribution is -2.24. The van der Waals surface area contributed by atoms with E-state index in [2.05, 4.69) is 27.4 Å². The number of nitrogens with two attached hydrogens (primary N) is 1. The van der Waals surface area contributed by atoms with Gasteiger partial charge in [0.15, 0.2) is 10.9 Å². The van der Waals surface area contributed by atoms with Crippen molar-refractivity contribution in [3.8, 4) is 29.0 Å². The Bertz CT molecular complexity index is 1570. The third-order valence-electron chi connectivity index (χ3n) is 5.58. The SMILES string of the molecule is CC(C)(O)OCCCOc1ccc(-c2c(C#N)c(N)nc(SCc3csc(Nc4ccc(F)cc4)n3)c2C#N)cc1. The average molecular weight is 591 g/mol. The Morgan fingerprint density at radius 2 is 1.76 bits per heavy atom. The molecule has 9 nitrogen and oxygen atoms in total. The maximum Gasteiger partial charge on any atom is 0.187 e. The van der Waals surface area contributed by atoms with Crippen LogP contribution >= 0.6 is 23.1 Å². The Kier molecular flexibility index (Phi) is 9.76. The second-order valence-electron chi connectivity index (χ2n) is 9.24. The monoisotopic (exact) mass is 590 g/mol. The Morgan fingerprint density at radius 3 is 2.41 bits per heavy atom. The first-order chi connectivity index (χ1) is 19.7. The Morgan fingerprint density at radius 1 is 1.05 bits per heavy atom. The zero-order valence-corrected chi connectivity index (χ0v) is 24.0. The van der Waals surface area contributed by atoms with E-state index >= 15 is 0 Å². The van der Waals surface area contributed by atoms with Crippen LogP contribution in [0.25, 0.3) is 11.1 Å². The molecule has 0 aliphatic heterocycles. The lowest BCUT2D eigenvalue weighted by Gasteiger charge is -2.18. The summed E-state index contributed by atoms with van der Waals surface area (Å²) in [7, 11) is 0. The maximum absolute atomic E-state index is 13.2. The zero-order chi connectivity index (χ0) is 29.4. The van der Waals surface area contributed by atoms with Crippen molar-refractivity contribution in [2.24, 2.45) is 0 Å². The van der Waals surface area contributed by atoms with Gasteiger partial charge in [-0.3, -0.25) is 0 Å². The molecule has 2 aromatic carbocycles. The zero-order valence-electron chi connectivity index (χ0n) is 22.3. The van der Waals surface area contributed by atoms with Gasteiger partial charge >= 0.3 is 0 Å². The van der Waals surface area contributed by atoms with E-state index in [1.165, 1.54) is 35.2 Å². The van der Waals surface area contributed by atoms with Crippen molar-refractivity contribution in [1.82, 2.24) is 9.97 Å². The summed E-state index contributed by atoms with van der Waals surface area (Å²) in [6.45, 7) is 3.88. The number of nitrogens with one attached hydrogen (secondary N) is 1. The number of nitriles is 2. The quantitative estimate of drug-likeness (QED) is 0.0985. The number of thiazole rings is 1. The summed E-state index contributed by atoms with van der Waals surface area (Å²) >= 11 is 2.70. The molecule has 4 N–H and O–H groups in total. The molecular formula is C29H27FN6O3S2. The van der Waals surface area contributed by atoms with Crippen LogP contribution in [-0.4, -0.2) is 34.1 Å². The van der Waals surface area contributed by atoms with Gasteiger partial charge in [-0.1, -0.05) is 23.9 Å². The van der Waals surface area contributed by atoms with E-state index in [-0.39, 0.29) is 22.8 Å². The Hall–Kier alpha value is -4.20. The van der Waals surface area contributed by atoms with Crippen LogP contribution in [0.3, 0.4) is 0 Å². The van der Waals surface area contributed by atoms with E-state index in [9.17, 15) is 20.0 Å². The van der Waals surface area contributed by atoms with Gasteiger partial charge in [0.2, 0.25) is 0 Å². The molecule has 0 bridgehead atoms. The van der Waals surface area contributed by atoms with E-state index < -0.39 is 5.79 Å². The molecule has 0 aliphatic carbocycles. The Balaban J connectivity index is 1.47. The third kappa shape index (κ3) is 8.16. The number of rotatable bonds is 12. The fourth-order valence-corrected chi connectivity index (χ4v) is 5.43. The van der Waals surface area contributed by atoms with E-state index in [0.717, 1.165) is 5.69 Å². The molecule has 0 fully saturated rings. The van der Waals surface area contributed by atoms with Crippen molar-refractivity contribution < 1.29 is 19.0 Å². The van der Waals surface area contributed by atoms with Crippen LogP contribution in [0.1, 0.15) is 37.1 Å². The van der Waals surface area contributed by atoms with Crippen LogP contribution < -0.4 is 15.8 Å². The highest BCUT2D eigenvalue weighted by molar-refractivity contribution is 7.98. The molecule has 0 aliphatic rings. The van der Waals surface area contributed by atoms with E-state index in [0.29, 0.717) is 58.1 Å². The van der Waals surface area contributed by atoms with Crippen LogP contribution in [-0.2, 0) is 10.5 Å². The predicted octanol–water partition coefficient (Wildman–Crippen LogP) is 6.22. The van der Waals surface area contributed by atoms with Gasteiger partial charge in [-0.05, 0) is 55.8 Å². The number of hydrogen-bond acceptors (Lipinski definition) is 11. The van der Waals surface area contributed by atoms with Gasteiger partial charge in [-0.15, -0.1) is 11.3 Å². The summed E-state index contributed by atoms with van der Waals surface area (Å²) in [5, 5.41) is 35.6. The molecular weight excluding hydrogens is 563 g/mol. The molecule has 0 saturated heterocycles. The number of halogens is 1. The number of aliphatic hydroxyl groups is 1. The first kappa shape index (κ1) is 29.8.